The second kappa shape index (κ2) is 6.02. The van der Waals surface area contributed by atoms with E-state index in [1.165, 1.54) is 19.1 Å². The van der Waals surface area contributed by atoms with Crippen LogP contribution in [0.2, 0.25) is 0 Å². The summed E-state index contributed by atoms with van der Waals surface area (Å²) in [5.74, 6) is -2.60. The number of carboxylic acids is 1. The van der Waals surface area contributed by atoms with Crippen molar-refractivity contribution in [3.63, 3.8) is 0 Å². The van der Waals surface area contributed by atoms with Gasteiger partial charge in [-0.3, -0.25) is 4.79 Å². The van der Waals surface area contributed by atoms with Crippen molar-refractivity contribution in [1.29, 1.82) is 0 Å². The minimum Gasteiger partial charge on any atom is -0.478 e. The number of carbonyl (C=O) groups is 2. The van der Waals surface area contributed by atoms with Crippen LogP contribution in [-0.4, -0.2) is 41.0 Å². The Kier molecular flexibility index (Phi) is 4.32. The first-order chi connectivity index (χ1) is 10.3. The van der Waals surface area contributed by atoms with Gasteiger partial charge < -0.3 is 5.11 Å². The summed E-state index contributed by atoms with van der Waals surface area (Å²) >= 11 is 0. The Bertz CT molecular complexity index is 832. The summed E-state index contributed by atoms with van der Waals surface area (Å²) in [6, 6.07) is 7.99. The molecule has 114 valence electrons. The number of nitrogens with zero attached hydrogens (tertiary/aromatic N) is 2. The van der Waals surface area contributed by atoms with Gasteiger partial charge in [0.1, 0.15) is 5.75 Å². The van der Waals surface area contributed by atoms with Crippen molar-refractivity contribution < 1.29 is 23.1 Å². The maximum atomic E-state index is 12.2. The summed E-state index contributed by atoms with van der Waals surface area (Å²) in [5, 5.41) is 8.31. The van der Waals surface area contributed by atoms with Gasteiger partial charge in [0.2, 0.25) is 15.0 Å². The van der Waals surface area contributed by atoms with E-state index in [-0.39, 0.29) is 16.8 Å². The number of rotatable bonds is 5. The van der Waals surface area contributed by atoms with E-state index >= 15 is 0 Å². The molecule has 0 fully saturated rings. The van der Waals surface area contributed by atoms with Crippen molar-refractivity contribution in [2.24, 2.45) is 0 Å². The highest BCUT2D eigenvalue weighted by molar-refractivity contribution is 7.92. The van der Waals surface area contributed by atoms with Crippen LogP contribution >= 0.6 is 0 Å². The van der Waals surface area contributed by atoms with E-state index in [2.05, 4.69) is 9.97 Å². The first-order valence-corrected chi connectivity index (χ1v) is 7.84. The van der Waals surface area contributed by atoms with Crippen LogP contribution in [-0.2, 0) is 9.84 Å². The van der Waals surface area contributed by atoms with Crippen LogP contribution in [0.5, 0.6) is 0 Å². The second-order valence-corrected chi connectivity index (χ2v) is 6.39. The summed E-state index contributed by atoms with van der Waals surface area (Å²) in [5.41, 5.74) is 0.103. The van der Waals surface area contributed by atoms with Gasteiger partial charge in [-0.05, 0) is 6.92 Å². The number of sulfone groups is 1. The number of carbonyl (C=O) groups excluding carboxylic acids is 1. The van der Waals surface area contributed by atoms with Crippen molar-refractivity contribution in [2.75, 3.05) is 5.75 Å². The molecule has 0 unspecified atom stereocenters. The average molecular weight is 320 g/mol. The minimum absolute atomic E-state index is 0.0215. The first kappa shape index (κ1) is 15.8. The summed E-state index contributed by atoms with van der Waals surface area (Å²) in [7, 11) is -4.04. The number of Topliss-reactive ketones (excluding diaryl/α,β-unsaturated/α-hetero) is 1. The normalized spacial score (nSPS) is 11.1. The zero-order chi connectivity index (χ0) is 16.3. The molecule has 0 aliphatic heterocycles. The highest BCUT2D eigenvalue weighted by Gasteiger charge is 2.24. The van der Waals surface area contributed by atoms with Crippen LogP contribution < -0.4 is 0 Å². The topological polar surface area (TPSA) is 114 Å². The SMILES string of the molecule is Cc1nc(S(=O)(=O)CC(=O)c2ccccc2)ncc1C(=O)O. The molecule has 0 saturated heterocycles. The zero-order valence-corrected chi connectivity index (χ0v) is 12.4. The predicted octanol–water partition coefficient (Wildman–Crippen LogP) is 1.14. The molecule has 1 heterocycles. The lowest BCUT2D eigenvalue weighted by Crippen LogP contribution is -2.19. The smallest absolute Gasteiger partial charge is 0.339 e. The lowest BCUT2D eigenvalue weighted by molar-refractivity contribution is 0.0694. The lowest BCUT2D eigenvalue weighted by Gasteiger charge is -2.05. The molecule has 0 saturated carbocycles. The summed E-state index contributed by atoms with van der Waals surface area (Å²) in [6.45, 7) is 1.36. The van der Waals surface area contributed by atoms with Crippen LogP contribution in [0.1, 0.15) is 26.4 Å². The van der Waals surface area contributed by atoms with Crippen LogP contribution in [0, 0.1) is 6.92 Å². The molecule has 1 N–H and O–H groups in total. The van der Waals surface area contributed by atoms with E-state index in [9.17, 15) is 18.0 Å². The highest BCUT2D eigenvalue weighted by Crippen LogP contribution is 2.11. The molecule has 0 aliphatic carbocycles. The Morgan fingerprint density at radius 2 is 1.82 bits per heavy atom. The molecule has 7 nitrogen and oxygen atoms in total. The van der Waals surface area contributed by atoms with Crippen LogP contribution in [0.25, 0.3) is 0 Å². The Hall–Kier alpha value is -2.61. The number of ketones is 1. The van der Waals surface area contributed by atoms with Gasteiger partial charge in [-0.25, -0.2) is 23.2 Å². The molecule has 2 rings (SSSR count). The van der Waals surface area contributed by atoms with Gasteiger partial charge >= 0.3 is 5.97 Å². The fraction of sp³-hybridized carbons (Fsp3) is 0.143. The molecule has 8 heteroatoms. The van der Waals surface area contributed by atoms with E-state index in [0.29, 0.717) is 0 Å². The van der Waals surface area contributed by atoms with Gasteiger partial charge in [0.05, 0.1) is 11.3 Å². The minimum atomic E-state index is -4.04. The average Bonchev–Trinajstić information content (AvgIpc) is 2.47. The van der Waals surface area contributed by atoms with E-state index in [1.807, 2.05) is 0 Å². The highest BCUT2D eigenvalue weighted by atomic mass is 32.2. The van der Waals surface area contributed by atoms with E-state index < -0.39 is 32.5 Å². The molecule has 22 heavy (non-hydrogen) atoms. The first-order valence-electron chi connectivity index (χ1n) is 6.19. The zero-order valence-electron chi connectivity index (χ0n) is 11.6. The number of aromatic carboxylic acids is 1. The van der Waals surface area contributed by atoms with Gasteiger partial charge in [-0.15, -0.1) is 0 Å². The number of hydrogen-bond donors (Lipinski definition) is 1. The molecule has 0 bridgehead atoms. The molecule has 0 aliphatic rings. The van der Waals surface area contributed by atoms with Crippen molar-refractivity contribution in [1.82, 2.24) is 9.97 Å². The number of aryl methyl sites for hydroxylation is 1. The quantitative estimate of drug-likeness (QED) is 0.649. The van der Waals surface area contributed by atoms with Crippen molar-refractivity contribution in [2.45, 2.75) is 12.1 Å². The predicted molar refractivity (Wildman–Crippen MR) is 76.6 cm³/mol. The Balaban J connectivity index is 2.30. The maximum Gasteiger partial charge on any atom is 0.339 e. The van der Waals surface area contributed by atoms with Crippen molar-refractivity contribution in [3.05, 3.63) is 53.3 Å². The Morgan fingerprint density at radius 3 is 2.36 bits per heavy atom. The van der Waals surface area contributed by atoms with Crippen molar-refractivity contribution >= 4 is 21.6 Å². The number of benzene rings is 1. The monoisotopic (exact) mass is 320 g/mol. The summed E-state index contributed by atoms with van der Waals surface area (Å²) in [4.78, 5) is 30.1. The molecule has 2 aromatic rings. The van der Waals surface area contributed by atoms with E-state index in [4.69, 9.17) is 5.11 Å². The lowest BCUT2D eigenvalue weighted by atomic mass is 10.2. The molecule has 1 aromatic carbocycles. The second-order valence-electron chi connectivity index (χ2n) is 4.51. The third kappa shape index (κ3) is 3.34. The van der Waals surface area contributed by atoms with Crippen molar-refractivity contribution in [3.8, 4) is 0 Å². The third-order valence-corrected chi connectivity index (χ3v) is 4.28. The molecule has 0 atom stereocenters. The Labute approximate surface area is 126 Å². The number of hydrogen-bond acceptors (Lipinski definition) is 6. The molecule has 0 amide bonds. The summed E-state index contributed by atoms with van der Waals surface area (Å²) < 4.78 is 24.3. The standard InChI is InChI=1S/C14H12N2O5S/c1-9-11(13(18)19)7-15-14(16-9)22(20,21)8-12(17)10-5-3-2-4-6-10/h2-7H,8H2,1H3,(H,18,19). The van der Waals surface area contributed by atoms with Crippen LogP contribution in [0.3, 0.4) is 0 Å². The molecule has 1 aromatic heterocycles. The molecule has 0 spiro atoms. The van der Waals surface area contributed by atoms with Gasteiger partial charge in [-0.1, -0.05) is 30.3 Å². The van der Waals surface area contributed by atoms with Gasteiger partial charge in [0, 0.05) is 11.8 Å². The third-order valence-electron chi connectivity index (χ3n) is 2.88. The van der Waals surface area contributed by atoms with E-state index in [1.54, 1.807) is 18.2 Å². The Morgan fingerprint density at radius 1 is 1.18 bits per heavy atom. The van der Waals surface area contributed by atoms with Crippen LogP contribution in [0.4, 0.5) is 0 Å². The van der Waals surface area contributed by atoms with Gasteiger partial charge in [0.25, 0.3) is 0 Å². The van der Waals surface area contributed by atoms with Crippen LogP contribution in [0.15, 0.2) is 41.7 Å². The fourth-order valence-electron chi connectivity index (χ4n) is 1.75. The molecular formula is C14H12N2O5S. The van der Waals surface area contributed by atoms with Gasteiger partial charge in [-0.2, -0.15) is 0 Å². The molecule has 0 radical (unpaired) electrons. The summed E-state index contributed by atoms with van der Waals surface area (Å²) in [6.07, 6.45) is 0.921. The largest absolute Gasteiger partial charge is 0.478 e. The van der Waals surface area contributed by atoms with E-state index in [0.717, 1.165) is 6.20 Å². The number of carboxylic acid groups (broad SMARTS) is 1. The van der Waals surface area contributed by atoms with Gasteiger partial charge in [0.15, 0.2) is 5.78 Å². The number of aromatic nitrogens is 2. The molecular weight excluding hydrogens is 308 g/mol. The fourth-order valence-corrected chi connectivity index (χ4v) is 2.88. The maximum absolute atomic E-state index is 12.2.